The SMILES string of the molecule is CC.O=[N+]([O-])c1ccc2c(c1)CCCN2CCCN1CCOCC1. The first-order valence-corrected chi connectivity index (χ1v) is 9.06. The molecule has 1 aromatic carbocycles. The van der Waals surface area contributed by atoms with Crippen molar-refractivity contribution in [1.29, 1.82) is 0 Å². The van der Waals surface area contributed by atoms with Crippen molar-refractivity contribution in [2.45, 2.75) is 33.1 Å². The van der Waals surface area contributed by atoms with Crippen LogP contribution in [-0.2, 0) is 11.2 Å². The van der Waals surface area contributed by atoms with Gasteiger partial charge in [0.25, 0.3) is 5.69 Å². The fourth-order valence-electron chi connectivity index (χ4n) is 3.32. The first-order valence-electron chi connectivity index (χ1n) is 9.06. The number of morpholine rings is 1. The third kappa shape index (κ3) is 4.92. The van der Waals surface area contributed by atoms with Crippen molar-refractivity contribution in [3.8, 4) is 0 Å². The number of aryl methyl sites for hydroxylation is 1. The highest BCUT2D eigenvalue weighted by Crippen LogP contribution is 2.30. The monoisotopic (exact) mass is 335 g/mol. The van der Waals surface area contributed by atoms with E-state index in [4.69, 9.17) is 4.74 Å². The van der Waals surface area contributed by atoms with E-state index in [0.29, 0.717) is 0 Å². The van der Waals surface area contributed by atoms with Gasteiger partial charge in [0.1, 0.15) is 0 Å². The summed E-state index contributed by atoms with van der Waals surface area (Å²) in [6.45, 7) is 10.9. The van der Waals surface area contributed by atoms with E-state index in [1.165, 1.54) is 5.69 Å². The van der Waals surface area contributed by atoms with Gasteiger partial charge < -0.3 is 9.64 Å². The predicted octanol–water partition coefficient (Wildman–Crippen LogP) is 3.10. The summed E-state index contributed by atoms with van der Waals surface area (Å²) in [5.41, 5.74) is 2.50. The first-order chi connectivity index (χ1) is 11.7. The van der Waals surface area contributed by atoms with E-state index in [9.17, 15) is 10.1 Å². The Balaban J connectivity index is 0.00000100. The van der Waals surface area contributed by atoms with Gasteiger partial charge in [0.05, 0.1) is 18.1 Å². The van der Waals surface area contributed by atoms with Crippen LogP contribution in [0.4, 0.5) is 11.4 Å². The Hall–Kier alpha value is -1.66. The molecule has 1 saturated heterocycles. The van der Waals surface area contributed by atoms with Crippen LogP contribution in [0.5, 0.6) is 0 Å². The van der Waals surface area contributed by atoms with E-state index in [-0.39, 0.29) is 10.6 Å². The normalized spacial score (nSPS) is 17.7. The zero-order chi connectivity index (χ0) is 17.4. The molecule has 1 fully saturated rings. The number of nitro benzene ring substituents is 1. The van der Waals surface area contributed by atoms with Crippen LogP contribution in [-0.4, -0.2) is 55.8 Å². The van der Waals surface area contributed by atoms with Crippen LogP contribution in [0, 0.1) is 10.1 Å². The second-order valence-electron chi connectivity index (χ2n) is 5.97. The summed E-state index contributed by atoms with van der Waals surface area (Å²) in [5, 5.41) is 10.9. The fraction of sp³-hybridized carbons (Fsp3) is 0.667. The number of benzene rings is 1. The van der Waals surface area contributed by atoms with E-state index in [2.05, 4.69) is 9.80 Å². The molecule has 0 N–H and O–H groups in total. The molecule has 0 bridgehead atoms. The lowest BCUT2D eigenvalue weighted by Gasteiger charge is -2.32. The Labute approximate surface area is 144 Å². The lowest BCUT2D eigenvalue weighted by atomic mass is 10.0. The second kappa shape index (κ2) is 9.59. The van der Waals surface area contributed by atoms with Crippen molar-refractivity contribution in [3.05, 3.63) is 33.9 Å². The average Bonchev–Trinajstić information content (AvgIpc) is 2.64. The van der Waals surface area contributed by atoms with Gasteiger partial charge in [-0.05, 0) is 30.9 Å². The number of hydrogen-bond acceptors (Lipinski definition) is 5. The lowest BCUT2D eigenvalue weighted by molar-refractivity contribution is -0.384. The number of nitro groups is 1. The van der Waals surface area contributed by atoms with E-state index in [0.717, 1.165) is 70.8 Å². The molecule has 1 aromatic rings. The number of nitrogens with zero attached hydrogens (tertiary/aromatic N) is 3. The zero-order valence-electron chi connectivity index (χ0n) is 14.9. The molecule has 0 aromatic heterocycles. The number of hydrogen-bond donors (Lipinski definition) is 0. The Morgan fingerprint density at radius 3 is 2.62 bits per heavy atom. The first kappa shape index (κ1) is 18.7. The van der Waals surface area contributed by atoms with Crippen molar-refractivity contribution in [3.63, 3.8) is 0 Å². The molecule has 0 spiro atoms. The van der Waals surface area contributed by atoms with Gasteiger partial charge in [-0.2, -0.15) is 0 Å². The molecule has 2 aliphatic heterocycles. The fourth-order valence-corrected chi connectivity index (χ4v) is 3.32. The Morgan fingerprint density at radius 1 is 1.17 bits per heavy atom. The van der Waals surface area contributed by atoms with Crippen LogP contribution in [0.1, 0.15) is 32.3 Å². The molecule has 0 amide bonds. The summed E-state index contributed by atoms with van der Waals surface area (Å²) in [7, 11) is 0. The van der Waals surface area contributed by atoms with Gasteiger partial charge in [-0.1, -0.05) is 13.8 Å². The van der Waals surface area contributed by atoms with Gasteiger partial charge in [0.2, 0.25) is 0 Å². The minimum absolute atomic E-state index is 0.203. The van der Waals surface area contributed by atoms with Gasteiger partial charge >= 0.3 is 0 Å². The van der Waals surface area contributed by atoms with Gasteiger partial charge in [0, 0.05) is 50.5 Å². The average molecular weight is 335 g/mol. The molecule has 6 nitrogen and oxygen atoms in total. The van der Waals surface area contributed by atoms with Crippen LogP contribution >= 0.6 is 0 Å². The topological polar surface area (TPSA) is 58.9 Å². The molecule has 2 heterocycles. The smallest absolute Gasteiger partial charge is 0.269 e. The number of non-ortho nitro benzene ring substituents is 1. The maximum atomic E-state index is 10.9. The van der Waals surface area contributed by atoms with Crippen LogP contribution in [0.3, 0.4) is 0 Å². The van der Waals surface area contributed by atoms with E-state index in [1.807, 2.05) is 19.9 Å². The summed E-state index contributed by atoms with van der Waals surface area (Å²) in [4.78, 5) is 15.4. The van der Waals surface area contributed by atoms with Crippen LogP contribution < -0.4 is 4.90 Å². The summed E-state index contributed by atoms with van der Waals surface area (Å²) in [5.74, 6) is 0. The minimum atomic E-state index is -0.308. The van der Waals surface area contributed by atoms with E-state index >= 15 is 0 Å². The van der Waals surface area contributed by atoms with Crippen LogP contribution in [0.2, 0.25) is 0 Å². The van der Waals surface area contributed by atoms with E-state index in [1.54, 1.807) is 12.1 Å². The summed E-state index contributed by atoms with van der Waals surface area (Å²) in [6.07, 6.45) is 3.14. The summed E-state index contributed by atoms with van der Waals surface area (Å²) < 4.78 is 5.37. The Kier molecular flexibility index (Phi) is 7.46. The number of fused-ring (bicyclic) bond motifs is 1. The zero-order valence-corrected chi connectivity index (χ0v) is 14.9. The van der Waals surface area contributed by atoms with Gasteiger partial charge in [-0.25, -0.2) is 0 Å². The lowest BCUT2D eigenvalue weighted by Crippen LogP contribution is -2.38. The molecule has 0 saturated carbocycles. The van der Waals surface area contributed by atoms with Gasteiger partial charge in [0.15, 0.2) is 0 Å². The van der Waals surface area contributed by atoms with Gasteiger partial charge in [-0.3, -0.25) is 15.0 Å². The molecule has 3 rings (SSSR count). The highest BCUT2D eigenvalue weighted by Gasteiger charge is 2.19. The van der Waals surface area contributed by atoms with E-state index < -0.39 is 0 Å². The maximum absolute atomic E-state index is 10.9. The standard InChI is InChI=1S/C16H23N3O3.C2H6/c20-19(21)15-4-5-16-14(13-15)3-1-7-18(16)8-2-6-17-9-11-22-12-10-17;1-2/h4-5,13H,1-3,6-12H2;1-2H3. The molecular weight excluding hydrogens is 306 g/mol. The predicted molar refractivity (Wildman–Crippen MR) is 96.9 cm³/mol. The Bertz CT molecular complexity index is 530. The largest absolute Gasteiger partial charge is 0.379 e. The quantitative estimate of drug-likeness (QED) is 0.611. The number of anilines is 1. The second-order valence-corrected chi connectivity index (χ2v) is 5.97. The highest BCUT2D eigenvalue weighted by atomic mass is 16.6. The molecule has 0 unspecified atom stereocenters. The number of ether oxygens (including phenoxy) is 1. The molecule has 0 aliphatic carbocycles. The van der Waals surface area contributed by atoms with Crippen molar-refractivity contribution >= 4 is 11.4 Å². The van der Waals surface area contributed by atoms with Crippen molar-refractivity contribution in [2.75, 3.05) is 50.8 Å². The third-order valence-corrected chi connectivity index (χ3v) is 4.49. The number of rotatable bonds is 5. The maximum Gasteiger partial charge on any atom is 0.269 e. The summed E-state index contributed by atoms with van der Waals surface area (Å²) in [6, 6.07) is 5.28. The van der Waals surface area contributed by atoms with Crippen molar-refractivity contribution < 1.29 is 9.66 Å². The van der Waals surface area contributed by atoms with Gasteiger partial charge in [-0.15, -0.1) is 0 Å². The van der Waals surface area contributed by atoms with Crippen LogP contribution in [0.25, 0.3) is 0 Å². The molecule has 0 atom stereocenters. The minimum Gasteiger partial charge on any atom is -0.379 e. The molecule has 6 heteroatoms. The van der Waals surface area contributed by atoms with Crippen LogP contribution in [0.15, 0.2) is 18.2 Å². The van der Waals surface area contributed by atoms with Crippen molar-refractivity contribution in [1.82, 2.24) is 4.90 Å². The summed E-state index contributed by atoms with van der Waals surface area (Å²) >= 11 is 0. The molecular formula is C18H29N3O3. The third-order valence-electron chi connectivity index (χ3n) is 4.49. The van der Waals surface area contributed by atoms with Crippen molar-refractivity contribution in [2.24, 2.45) is 0 Å². The molecule has 134 valence electrons. The Morgan fingerprint density at radius 2 is 1.92 bits per heavy atom. The molecule has 24 heavy (non-hydrogen) atoms. The molecule has 2 aliphatic rings. The highest BCUT2D eigenvalue weighted by molar-refractivity contribution is 5.59. The molecule has 0 radical (unpaired) electrons.